The van der Waals surface area contributed by atoms with Gasteiger partial charge in [0.2, 0.25) is 0 Å². The number of nitro groups is 1. The number of non-ortho nitro benzene ring substituents is 1. The van der Waals surface area contributed by atoms with Crippen molar-refractivity contribution in [1.29, 1.82) is 0 Å². The van der Waals surface area contributed by atoms with E-state index in [1.807, 2.05) is 12.2 Å². The van der Waals surface area contributed by atoms with E-state index in [2.05, 4.69) is 5.32 Å². The maximum Gasteiger partial charge on any atom is 0.416 e. The average Bonchev–Trinajstić information content (AvgIpc) is 3.10. The fraction of sp³-hybridized carbons (Fsp3) is 0.300. The minimum atomic E-state index is -4.44. The van der Waals surface area contributed by atoms with Crippen molar-refractivity contribution < 1.29 is 18.1 Å². The van der Waals surface area contributed by atoms with Crippen LogP contribution in [0.5, 0.6) is 0 Å². The number of nitrogens with one attached hydrogen (secondary N) is 1. The summed E-state index contributed by atoms with van der Waals surface area (Å²) < 4.78 is 40.6. The number of anilines is 1. The van der Waals surface area contributed by atoms with Gasteiger partial charge in [-0.1, -0.05) is 30.4 Å². The fourth-order valence-electron chi connectivity index (χ4n) is 4.31. The van der Waals surface area contributed by atoms with E-state index in [1.165, 1.54) is 24.3 Å². The number of aryl methyl sites for hydroxylation is 1. The molecule has 0 aromatic heterocycles. The molecule has 7 heteroatoms. The molecule has 0 saturated heterocycles. The zero-order valence-electron chi connectivity index (χ0n) is 14.5. The van der Waals surface area contributed by atoms with Gasteiger partial charge in [0.25, 0.3) is 5.69 Å². The van der Waals surface area contributed by atoms with Crippen LogP contribution >= 0.6 is 0 Å². The van der Waals surface area contributed by atoms with Gasteiger partial charge in [-0.2, -0.15) is 13.2 Å². The lowest BCUT2D eigenvalue weighted by atomic mass is 9.75. The van der Waals surface area contributed by atoms with E-state index in [0.717, 1.165) is 11.6 Å². The molecule has 4 rings (SSSR count). The third-order valence-electron chi connectivity index (χ3n) is 5.46. The lowest BCUT2D eigenvalue weighted by Crippen LogP contribution is -2.31. The molecule has 1 aliphatic heterocycles. The predicted octanol–water partition coefficient (Wildman–Crippen LogP) is 5.75. The first-order valence-electron chi connectivity index (χ1n) is 8.65. The van der Waals surface area contributed by atoms with Gasteiger partial charge >= 0.3 is 6.18 Å². The fourth-order valence-corrected chi connectivity index (χ4v) is 4.31. The number of nitro benzene ring substituents is 1. The van der Waals surface area contributed by atoms with Crippen LogP contribution in [-0.4, -0.2) is 4.92 Å². The van der Waals surface area contributed by atoms with Crippen LogP contribution in [0.25, 0.3) is 0 Å². The van der Waals surface area contributed by atoms with Gasteiger partial charge in [-0.3, -0.25) is 10.1 Å². The quantitative estimate of drug-likeness (QED) is 0.414. The van der Waals surface area contributed by atoms with Crippen LogP contribution in [0.3, 0.4) is 0 Å². The molecule has 1 heterocycles. The van der Waals surface area contributed by atoms with E-state index in [0.29, 0.717) is 17.7 Å². The number of benzene rings is 2. The van der Waals surface area contributed by atoms with Crippen LogP contribution < -0.4 is 5.32 Å². The lowest BCUT2D eigenvalue weighted by molar-refractivity contribution is -0.385. The summed E-state index contributed by atoms with van der Waals surface area (Å²) in [5.74, 6) is -0.270. The van der Waals surface area contributed by atoms with E-state index >= 15 is 0 Å². The Morgan fingerprint density at radius 1 is 1.19 bits per heavy atom. The summed E-state index contributed by atoms with van der Waals surface area (Å²) in [5.41, 5.74) is 1.70. The molecule has 0 spiro atoms. The lowest BCUT2D eigenvalue weighted by Gasteiger charge is -2.39. The Morgan fingerprint density at radius 3 is 2.63 bits per heavy atom. The highest BCUT2D eigenvalue weighted by molar-refractivity contribution is 5.67. The molecule has 0 amide bonds. The molecule has 1 aliphatic carbocycles. The van der Waals surface area contributed by atoms with Gasteiger partial charge < -0.3 is 5.32 Å². The summed E-state index contributed by atoms with van der Waals surface area (Å²) in [6.07, 6.45) is 0.0838. The van der Waals surface area contributed by atoms with E-state index in [4.69, 9.17) is 0 Å². The van der Waals surface area contributed by atoms with Crippen molar-refractivity contribution in [3.05, 3.63) is 80.9 Å². The summed E-state index contributed by atoms with van der Waals surface area (Å²) in [4.78, 5) is 10.8. The zero-order valence-corrected chi connectivity index (χ0v) is 14.5. The van der Waals surface area contributed by atoms with Crippen molar-refractivity contribution in [3.63, 3.8) is 0 Å². The van der Waals surface area contributed by atoms with Crippen LogP contribution in [0, 0.1) is 23.0 Å². The Bertz CT molecular complexity index is 953. The van der Waals surface area contributed by atoms with Gasteiger partial charge in [0.05, 0.1) is 16.5 Å². The van der Waals surface area contributed by atoms with Crippen LogP contribution in [0.4, 0.5) is 24.5 Å². The maximum absolute atomic E-state index is 13.5. The topological polar surface area (TPSA) is 55.2 Å². The van der Waals surface area contributed by atoms with Crippen LogP contribution in [-0.2, 0) is 6.18 Å². The van der Waals surface area contributed by atoms with E-state index in [1.54, 1.807) is 13.0 Å². The molecule has 3 atom stereocenters. The zero-order chi connectivity index (χ0) is 19.3. The molecule has 0 bridgehead atoms. The van der Waals surface area contributed by atoms with Gasteiger partial charge in [-0.15, -0.1) is 0 Å². The van der Waals surface area contributed by atoms with Crippen molar-refractivity contribution in [3.8, 4) is 0 Å². The molecule has 1 N–H and O–H groups in total. The summed E-state index contributed by atoms with van der Waals surface area (Å²) in [6.45, 7) is 1.74. The normalized spacial score (nSPS) is 23.5. The standard InChI is InChI=1S/C20H17F3N2O2/c1-11-9-12(25(26)27)10-16-13-6-4-7-14(13)19(24-18(11)16)15-5-2-3-8-17(15)20(21,22)23/h2-6,8-10,13-14,19,24H,7H2,1H3/t13-,14-,19-/m0/s1. The highest BCUT2D eigenvalue weighted by atomic mass is 19.4. The van der Waals surface area contributed by atoms with Crippen LogP contribution in [0.15, 0.2) is 48.6 Å². The molecule has 4 nitrogen and oxygen atoms in total. The van der Waals surface area contributed by atoms with Gasteiger partial charge in [0.1, 0.15) is 0 Å². The Labute approximate surface area is 153 Å². The molecule has 27 heavy (non-hydrogen) atoms. The highest BCUT2D eigenvalue weighted by Crippen LogP contribution is 2.52. The second kappa shape index (κ2) is 6.11. The Balaban J connectivity index is 1.86. The smallest absolute Gasteiger partial charge is 0.377 e. The second-order valence-electron chi connectivity index (χ2n) is 7.04. The third kappa shape index (κ3) is 2.87. The largest absolute Gasteiger partial charge is 0.416 e. The van der Waals surface area contributed by atoms with Gasteiger partial charge in [0.15, 0.2) is 0 Å². The molecular formula is C20H17F3N2O2. The molecular weight excluding hydrogens is 357 g/mol. The van der Waals surface area contributed by atoms with Crippen molar-refractivity contribution in [2.75, 3.05) is 5.32 Å². The number of alkyl halides is 3. The Morgan fingerprint density at radius 2 is 1.93 bits per heavy atom. The first kappa shape index (κ1) is 17.6. The number of halogens is 3. The van der Waals surface area contributed by atoms with E-state index in [9.17, 15) is 23.3 Å². The maximum atomic E-state index is 13.5. The molecule has 0 unspecified atom stereocenters. The molecule has 140 valence electrons. The van der Waals surface area contributed by atoms with Crippen molar-refractivity contribution >= 4 is 11.4 Å². The van der Waals surface area contributed by atoms with Crippen molar-refractivity contribution in [2.24, 2.45) is 5.92 Å². The molecule has 0 fully saturated rings. The van der Waals surface area contributed by atoms with E-state index in [-0.39, 0.29) is 23.1 Å². The molecule has 0 saturated carbocycles. The predicted molar refractivity (Wildman–Crippen MR) is 95.6 cm³/mol. The summed E-state index contributed by atoms with van der Waals surface area (Å²) in [5, 5.41) is 14.5. The minimum Gasteiger partial charge on any atom is -0.377 e. The van der Waals surface area contributed by atoms with Gasteiger partial charge in [-0.25, -0.2) is 0 Å². The van der Waals surface area contributed by atoms with Crippen molar-refractivity contribution in [2.45, 2.75) is 31.5 Å². The average molecular weight is 374 g/mol. The number of nitrogens with zero attached hydrogens (tertiary/aromatic N) is 1. The minimum absolute atomic E-state index is 0.00115. The third-order valence-corrected chi connectivity index (χ3v) is 5.46. The highest BCUT2D eigenvalue weighted by Gasteiger charge is 2.43. The van der Waals surface area contributed by atoms with Crippen LogP contribution in [0.1, 0.15) is 40.6 Å². The number of rotatable bonds is 2. The number of hydrogen-bond donors (Lipinski definition) is 1. The van der Waals surface area contributed by atoms with Crippen molar-refractivity contribution in [1.82, 2.24) is 0 Å². The van der Waals surface area contributed by atoms with E-state index < -0.39 is 22.7 Å². The first-order chi connectivity index (χ1) is 12.8. The number of fused-ring (bicyclic) bond motifs is 3. The van der Waals surface area contributed by atoms with Gasteiger partial charge in [-0.05, 0) is 42.0 Å². The SMILES string of the molecule is Cc1cc([N+](=O)[O-])cc2c1N[C@H](c1ccccc1C(F)(F)F)[C@H]1CC=C[C@H]21. The molecule has 0 radical (unpaired) electrons. The Kier molecular flexibility index (Phi) is 3.98. The van der Waals surface area contributed by atoms with Gasteiger partial charge in [0, 0.05) is 23.7 Å². The first-order valence-corrected chi connectivity index (χ1v) is 8.65. The summed E-state index contributed by atoms with van der Waals surface area (Å²) in [7, 11) is 0. The number of allylic oxidation sites excluding steroid dienone is 2. The summed E-state index contributed by atoms with van der Waals surface area (Å²) >= 11 is 0. The Hall–Kier alpha value is -2.83. The molecule has 2 aromatic rings. The molecule has 2 aliphatic rings. The summed E-state index contributed by atoms with van der Waals surface area (Å²) in [6, 6.07) is 8.10. The number of hydrogen-bond acceptors (Lipinski definition) is 3. The second-order valence-corrected chi connectivity index (χ2v) is 7.04. The molecule has 2 aromatic carbocycles. The van der Waals surface area contributed by atoms with Crippen LogP contribution in [0.2, 0.25) is 0 Å². The monoisotopic (exact) mass is 374 g/mol.